The quantitative estimate of drug-likeness (QED) is 0.837. The summed E-state index contributed by atoms with van der Waals surface area (Å²) in [5.74, 6) is -1.08. The van der Waals surface area contributed by atoms with Crippen molar-refractivity contribution in [3.8, 4) is 0 Å². The molecule has 0 heterocycles. The predicted molar refractivity (Wildman–Crippen MR) is 59.2 cm³/mol. The third-order valence-electron chi connectivity index (χ3n) is 2.43. The first-order chi connectivity index (χ1) is 7.44. The summed E-state index contributed by atoms with van der Waals surface area (Å²) >= 11 is 0. The molecule has 0 aliphatic heterocycles. The molecule has 0 unspecified atom stereocenters. The minimum absolute atomic E-state index is 0.295. The molecule has 0 amide bonds. The second kappa shape index (κ2) is 5.37. The van der Waals surface area contributed by atoms with E-state index < -0.39 is 11.6 Å². The van der Waals surface area contributed by atoms with Gasteiger partial charge in [-0.2, -0.15) is 0 Å². The Balaban J connectivity index is 2.49. The van der Waals surface area contributed by atoms with Crippen molar-refractivity contribution in [2.45, 2.75) is 26.0 Å². The molecule has 0 fully saturated rings. The van der Waals surface area contributed by atoms with Crippen LogP contribution in [-0.2, 0) is 11.3 Å². The van der Waals surface area contributed by atoms with Crippen LogP contribution in [0.25, 0.3) is 0 Å². The van der Waals surface area contributed by atoms with E-state index in [0.29, 0.717) is 18.7 Å². The molecule has 0 aliphatic carbocycles. The van der Waals surface area contributed by atoms with Crippen molar-refractivity contribution in [3.63, 3.8) is 0 Å². The third-order valence-corrected chi connectivity index (χ3v) is 2.43. The van der Waals surface area contributed by atoms with Crippen LogP contribution >= 0.6 is 0 Å². The Hall–Kier alpha value is -1.00. The van der Waals surface area contributed by atoms with Gasteiger partial charge in [0.05, 0.1) is 5.60 Å². The summed E-state index contributed by atoms with van der Waals surface area (Å²) < 4.78 is 31.1. The first-order valence-corrected chi connectivity index (χ1v) is 5.14. The fourth-order valence-corrected chi connectivity index (χ4v) is 1.24. The van der Waals surface area contributed by atoms with E-state index >= 15 is 0 Å². The van der Waals surface area contributed by atoms with Crippen molar-refractivity contribution in [3.05, 3.63) is 35.4 Å². The first kappa shape index (κ1) is 13.1. The molecule has 1 aromatic carbocycles. The number of hydrogen-bond donors (Lipinski definition) is 1. The van der Waals surface area contributed by atoms with Gasteiger partial charge in [0.15, 0.2) is 0 Å². The lowest BCUT2D eigenvalue weighted by Gasteiger charge is -2.23. The van der Waals surface area contributed by atoms with Gasteiger partial charge in [-0.3, -0.25) is 0 Å². The Labute approximate surface area is 94.6 Å². The zero-order valence-electron chi connectivity index (χ0n) is 9.81. The Morgan fingerprint density at radius 3 is 2.56 bits per heavy atom. The van der Waals surface area contributed by atoms with Crippen molar-refractivity contribution >= 4 is 0 Å². The SMILES string of the molecule is COC(C)(C)CNCc1ccc(F)cc1F. The lowest BCUT2D eigenvalue weighted by atomic mass is 10.1. The maximum atomic E-state index is 13.2. The van der Waals surface area contributed by atoms with Crippen molar-refractivity contribution < 1.29 is 13.5 Å². The van der Waals surface area contributed by atoms with E-state index in [1.165, 1.54) is 12.1 Å². The lowest BCUT2D eigenvalue weighted by Crippen LogP contribution is -2.36. The van der Waals surface area contributed by atoms with E-state index in [1.54, 1.807) is 7.11 Å². The Bertz CT molecular complexity index is 353. The van der Waals surface area contributed by atoms with Crippen LogP contribution in [0.2, 0.25) is 0 Å². The maximum Gasteiger partial charge on any atom is 0.130 e. The topological polar surface area (TPSA) is 21.3 Å². The van der Waals surface area contributed by atoms with Gasteiger partial charge < -0.3 is 10.1 Å². The molecule has 0 saturated carbocycles. The maximum absolute atomic E-state index is 13.2. The molecule has 4 heteroatoms. The van der Waals surface area contributed by atoms with Crippen LogP contribution in [0.3, 0.4) is 0 Å². The largest absolute Gasteiger partial charge is 0.377 e. The Morgan fingerprint density at radius 1 is 1.31 bits per heavy atom. The number of ether oxygens (including phenoxy) is 1. The number of rotatable bonds is 5. The summed E-state index contributed by atoms with van der Waals surface area (Å²) in [6.45, 7) is 4.82. The smallest absolute Gasteiger partial charge is 0.130 e. The summed E-state index contributed by atoms with van der Waals surface area (Å²) in [6.07, 6.45) is 0. The van der Waals surface area contributed by atoms with Gasteiger partial charge in [-0.05, 0) is 19.9 Å². The molecule has 1 N–H and O–H groups in total. The van der Waals surface area contributed by atoms with E-state index in [0.717, 1.165) is 6.07 Å². The van der Waals surface area contributed by atoms with Gasteiger partial charge in [0.25, 0.3) is 0 Å². The van der Waals surface area contributed by atoms with Gasteiger partial charge >= 0.3 is 0 Å². The summed E-state index contributed by atoms with van der Waals surface area (Å²) in [4.78, 5) is 0. The van der Waals surface area contributed by atoms with Crippen LogP contribution in [0.5, 0.6) is 0 Å². The van der Waals surface area contributed by atoms with Crippen molar-refractivity contribution in [2.24, 2.45) is 0 Å². The number of hydrogen-bond acceptors (Lipinski definition) is 2. The molecule has 0 aliphatic rings. The van der Waals surface area contributed by atoms with Gasteiger partial charge in [0.1, 0.15) is 11.6 Å². The number of benzene rings is 1. The average molecular weight is 229 g/mol. The second-order valence-electron chi connectivity index (χ2n) is 4.30. The molecule has 0 radical (unpaired) electrons. The monoisotopic (exact) mass is 229 g/mol. The highest BCUT2D eigenvalue weighted by atomic mass is 19.1. The van der Waals surface area contributed by atoms with Crippen LogP contribution in [0.15, 0.2) is 18.2 Å². The molecule has 0 saturated heterocycles. The van der Waals surface area contributed by atoms with Crippen LogP contribution < -0.4 is 5.32 Å². The fourth-order valence-electron chi connectivity index (χ4n) is 1.24. The van der Waals surface area contributed by atoms with E-state index in [1.807, 2.05) is 13.8 Å². The molecule has 16 heavy (non-hydrogen) atoms. The highest BCUT2D eigenvalue weighted by Gasteiger charge is 2.15. The van der Waals surface area contributed by atoms with Gasteiger partial charge in [-0.15, -0.1) is 0 Å². The lowest BCUT2D eigenvalue weighted by molar-refractivity contribution is 0.0230. The normalized spacial score (nSPS) is 11.8. The van der Waals surface area contributed by atoms with Gasteiger partial charge in [0.2, 0.25) is 0 Å². The molecule has 90 valence electrons. The number of halogens is 2. The van der Waals surface area contributed by atoms with Crippen LogP contribution in [0, 0.1) is 11.6 Å². The minimum Gasteiger partial charge on any atom is -0.377 e. The molecule has 2 nitrogen and oxygen atoms in total. The van der Waals surface area contributed by atoms with E-state index in [9.17, 15) is 8.78 Å². The molecular weight excluding hydrogens is 212 g/mol. The second-order valence-corrected chi connectivity index (χ2v) is 4.30. The molecule has 1 rings (SSSR count). The van der Waals surface area contributed by atoms with Crippen molar-refractivity contribution in [2.75, 3.05) is 13.7 Å². The average Bonchev–Trinajstić information content (AvgIpc) is 2.21. The molecule has 0 atom stereocenters. The van der Waals surface area contributed by atoms with E-state index in [2.05, 4.69) is 5.32 Å². The molecule has 0 bridgehead atoms. The van der Waals surface area contributed by atoms with Crippen molar-refractivity contribution in [1.29, 1.82) is 0 Å². The number of nitrogens with one attached hydrogen (secondary N) is 1. The van der Waals surface area contributed by atoms with Crippen molar-refractivity contribution in [1.82, 2.24) is 5.32 Å². The van der Waals surface area contributed by atoms with E-state index in [-0.39, 0.29) is 5.60 Å². The van der Waals surface area contributed by atoms with Crippen LogP contribution in [0.4, 0.5) is 8.78 Å². The summed E-state index contributed by atoms with van der Waals surface area (Å²) in [7, 11) is 1.63. The minimum atomic E-state index is -0.557. The zero-order chi connectivity index (χ0) is 12.2. The summed E-state index contributed by atoms with van der Waals surface area (Å²) in [5.41, 5.74) is 0.157. The molecule has 0 spiro atoms. The third kappa shape index (κ3) is 3.87. The Kier molecular flexibility index (Phi) is 4.38. The zero-order valence-corrected chi connectivity index (χ0v) is 9.81. The highest BCUT2D eigenvalue weighted by molar-refractivity contribution is 5.18. The standard InChI is InChI=1S/C12H17F2NO/c1-12(2,16-3)8-15-7-9-4-5-10(13)6-11(9)14/h4-6,15H,7-8H2,1-3H3. The Morgan fingerprint density at radius 2 is 2.00 bits per heavy atom. The number of methoxy groups -OCH3 is 1. The van der Waals surface area contributed by atoms with Crippen LogP contribution in [0.1, 0.15) is 19.4 Å². The molecular formula is C12H17F2NO. The summed E-state index contributed by atoms with van der Waals surface area (Å²) in [5, 5.41) is 3.07. The molecule has 1 aromatic rings. The highest BCUT2D eigenvalue weighted by Crippen LogP contribution is 2.10. The predicted octanol–water partition coefficient (Wildman–Crippen LogP) is 2.48. The molecule has 0 aromatic heterocycles. The van der Waals surface area contributed by atoms with Gasteiger partial charge in [-0.25, -0.2) is 8.78 Å². The van der Waals surface area contributed by atoms with Gasteiger partial charge in [0, 0.05) is 31.8 Å². The summed E-state index contributed by atoms with van der Waals surface area (Å²) in [6, 6.07) is 3.58. The van der Waals surface area contributed by atoms with E-state index in [4.69, 9.17) is 4.74 Å². The van der Waals surface area contributed by atoms with Crippen LogP contribution in [-0.4, -0.2) is 19.3 Å². The fraction of sp³-hybridized carbons (Fsp3) is 0.500. The van der Waals surface area contributed by atoms with Gasteiger partial charge in [-0.1, -0.05) is 6.07 Å². The first-order valence-electron chi connectivity index (χ1n) is 5.14.